The van der Waals surface area contributed by atoms with E-state index in [2.05, 4.69) is 37.1 Å². The van der Waals surface area contributed by atoms with Crippen LogP contribution in [0.4, 0.5) is 5.82 Å². The summed E-state index contributed by atoms with van der Waals surface area (Å²) in [5.74, 6) is 2.82. The monoisotopic (exact) mass is 317 g/mol. The molecule has 116 valence electrons. The van der Waals surface area contributed by atoms with Gasteiger partial charge in [-0.05, 0) is 20.8 Å². The molecule has 3 aromatic heterocycles. The Labute approximate surface area is 133 Å². The summed E-state index contributed by atoms with van der Waals surface area (Å²) >= 11 is 1.70. The maximum Gasteiger partial charge on any atom is 0.191 e. The number of aromatic nitrogens is 6. The zero-order chi connectivity index (χ0) is 15.5. The molecule has 3 rings (SSSR count). The molecule has 0 spiro atoms. The molecule has 0 bridgehead atoms. The fourth-order valence-electron chi connectivity index (χ4n) is 2.32. The van der Waals surface area contributed by atoms with E-state index in [0.717, 1.165) is 47.0 Å². The van der Waals surface area contributed by atoms with Crippen LogP contribution in [0.1, 0.15) is 18.4 Å². The molecule has 0 aliphatic carbocycles. The molecule has 1 N–H and O–H groups in total. The second-order valence-corrected chi connectivity index (χ2v) is 6.00. The molecule has 3 heterocycles. The highest BCUT2D eigenvalue weighted by molar-refractivity contribution is 7.99. The minimum atomic E-state index is 0.818. The van der Waals surface area contributed by atoms with E-state index in [4.69, 9.17) is 0 Å². The third kappa shape index (κ3) is 2.92. The molecule has 7 nitrogen and oxygen atoms in total. The van der Waals surface area contributed by atoms with E-state index in [0.29, 0.717) is 0 Å². The first-order valence-electron chi connectivity index (χ1n) is 7.27. The summed E-state index contributed by atoms with van der Waals surface area (Å²) in [6.45, 7) is 7.78. The molecule has 0 amide bonds. The molecule has 0 radical (unpaired) electrons. The van der Waals surface area contributed by atoms with Crippen LogP contribution in [-0.2, 0) is 6.54 Å². The normalized spacial score (nSPS) is 11.2. The Balaban J connectivity index is 1.62. The van der Waals surface area contributed by atoms with Crippen molar-refractivity contribution < 1.29 is 0 Å². The molecule has 0 atom stereocenters. The number of anilines is 1. The van der Waals surface area contributed by atoms with Gasteiger partial charge in [0.05, 0.1) is 6.20 Å². The molecular formula is C14H19N7S. The van der Waals surface area contributed by atoms with Gasteiger partial charge in [-0.1, -0.05) is 11.8 Å². The smallest absolute Gasteiger partial charge is 0.191 e. The lowest BCUT2D eigenvalue weighted by Gasteiger charge is -2.09. The number of nitrogens with one attached hydrogen (secondary N) is 1. The first-order chi connectivity index (χ1) is 10.7. The Morgan fingerprint density at radius 2 is 2.14 bits per heavy atom. The van der Waals surface area contributed by atoms with Crippen molar-refractivity contribution in [2.75, 3.05) is 17.6 Å². The van der Waals surface area contributed by atoms with Crippen molar-refractivity contribution in [2.45, 2.75) is 32.5 Å². The van der Waals surface area contributed by atoms with Crippen molar-refractivity contribution in [3.05, 3.63) is 29.8 Å². The number of hydrogen-bond donors (Lipinski definition) is 1. The fraction of sp³-hybridized carbons (Fsp3) is 0.429. The summed E-state index contributed by atoms with van der Waals surface area (Å²) in [4.78, 5) is 4.43. The Morgan fingerprint density at radius 1 is 1.27 bits per heavy atom. The SMILES string of the molecule is CCn1c(C)nnc1SCCNc1cc(C)nc2ccnn12. The number of aryl methyl sites for hydroxylation is 2. The van der Waals surface area contributed by atoms with E-state index >= 15 is 0 Å². The lowest BCUT2D eigenvalue weighted by Crippen LogP contribution is -2.10. The van der Waals surface area contributed by atoms with E-state index in [-0.39, 0.29) is 0 Å². The van der Waals surface area contributed by atoms with Crippen LogP contribution in [0.5, 0.6) is 0 Å². The summed E-state index contributed by atoms with van der Waals surface area (Å²) in [6.07, 6.45) is 1.76. The zero-order valence-electron chi connectivity index (χ0n) is 12.9. The van der Waals surface area contributed by atoms with Gasteiger partial charge in [0.25, 0.3) is 0 Å². The van der Waals surface area contributed by atoms with Crippen molar-refractivity contribution in [1.29, 1.82) is 0 Å². The Bertz CT molecular complexity index is 777. The van der Waals surface area contributed by atoms with Crippen molar-refractivity contribution in [3.8, 4) is 0 Å². The van der Waals surface area contributed by atoms with Crippen LogP contribution >= 0.6 is 11.8 Å². The van der Waals surface area contributed by atoms with Crippen molar-refractivity contribution in [1.82, 2.24) is 29.4 Å². The minimum absolute atomic E-state index is 0.818. The van der Waals surface area contributed by atoms with Crippen LogP contribution < -0.4 is 5.32 Å². The number of nitrogens with zero attached hydrogens (tertiary/aromatic N) is 6. The van der Waals surface area contributed by atoms with Crippen molar-refractivity contribution >= 4 is 23.2 Å². The average molecular weight is 317 g/mol. The Morgan fingerprint density at radius 3 is 2.95 bits per heavy atom. The van der Waals surface area contributed by atoms with E-state index in [1.54, 1.807) is 18.0 Å². The summed E-state index contributed by atoms with van der Waals surface area (Å²) in [5, 5.41) is 17.0. The first kappa shape index (κ1) is 14.8. The lowest BCUT2D eigenvalue weighted by atomic mass is 10.4. The fourth-order valence-corrected chi connectivity index (χ4v) is 3.22. The van der Waals surface area contributed by atoms with Gasteiger partial charge in [0.15, 0.2) is 10.8 Å². The molecular weight excluding hydrogens is 298 g/mol. The van der Waals surface area contributed by atoms with Crippen LogP contribution in [0.3, 0.4) is 0 Å². The molecule has 0 aliphatic rings. The third-order valence-electron chi connectivity index (χ3n) is 3.34. The highest BCUT2D eigenvalue weighted by Gasteiger charge is 2.08. The molecule has 0 fully saturated rings. The van der Waals surface area contributed by atoms with Crippen molar-refractivity contribution in [3.63, 3.8) is 0 Å². The number of thioether (sulfide) groups is 1. The number of rotatable bonds is 6. The van der Waals surface area contributed by atoms with Crippen molar-refractivity contribution in [2.24, 2.45) is 0 Å². The van der Waals surface area contributed by atoms with E-state index < -0.39 is 0 Å². The van der Waals surface area contributed by atoms with Crippen LogP contribution in [0.15, 0.2) is 23.5 Å². The summed E-state index contributed by atoms with van der Waals surface area (Å²) in [5.41, 5.74) is 1.83. The zero-order valence-corrected chi connectivity index (χ0v) is 13.8. The predicted octanol–water partition coefficient (Wildman–Crippen LogP) is 2.16. The first-order valence-corrected chi connectivity index (χ1v) is 8.25. The van der Waals surface area contributed by atoms with E-state index in [1.807, 2.05) is 30.5 Å². The maximum absolute atomic E-state index is 4.43. The van der Waals surface area contributed by atoms with Gasteiger partial charge in [-0.2, -0.15) is 9.61 Å². The van der Waals surface area contributed by atoms with Gasteiger partial charge in [0.1, 0.15) is 11.6 Å². The predicted molar refractivity (Wildman–Crippen MR) is 87.4 cm³/mol. The second-order valence-electron chi connectivity index (χ2n) is 4.93. The molecule has 0 unspecified atom stereocenters. The van der Waals surface area contributed by atoms with Crippen LogP contribution in [0.25, 0.3) is 5.65 Å². The highest BCUT2D eigenvalue weighted by Crippen LogP contribution is 2.17. The quantitative estimate of drug-likeness (QED) is 0.555. The van der Waals surface area contributed by atoms with Gasteiger partial charge in [-0.15, -0.1) is 10.2 Å². The molecule has 8 heteroatoms. The third-order valence-corrected chi connectivity index (χ3v) is 4.31. The van der Waals surface area contributed by atoms with E-state index in [9.17, 15) is 0 Å². The summed E-state index contributed by atoms with van der Waals surface area (Å²) in [7, 11) is 0. The molecule has 0 saturated heterocycles. The van der Waals surface area contributed by atoms with Crippen LogP contribution in [0.2, 0.25) is 0 Å². The highest BCUT2D eigenvalue weighted by atomic mass is 32.2. The number of hydrogen-bond acceptors (Lipinski definition) is 6. The average Bonchev–Trinajstić information content (AvgIpc) is 3.09. The van der Waals surface area contributed by atoms with Crippen LogP contribution in [0, 0.1) is 13.8 Å². The Hall–Kier alpha value is -2.09. The minimum Gasteiger partial charge on any atom is -0.369 e. The summed E-state index contributed by atoms with van der Waals surface area (Å²) < 4.78 is 3.93. The maximum atomic E-state index is 4.43. The van der Waals surface area contributed by atoms with Gasteiger partial charge in [0, 0.05) is 36.7 Å². The van der Waals surface area contributed by atoms with Gasteiger partial charge >= 0.3 is 0 Å². The molecule has 22 heavy (non-hydrogen) atoms. The van der Waals surface area contributed by atoms with E-state index in [1.165, 1.54) is 0 Å². The number of fused-ring (bicyclic) bond motifs is 1. The summed E-state index contributed by atoms with van der Waals surface area (Å²) in [6, 6.07) is 3.91. The van der Waals surface area contributed by atoms with Crippen LogP contribution in [-0.4, -0.2) is 41.7 Å². The van der Waals surface area contributed by atoms with Gasteiger partial charge in [-0.25, -0.2) is 4.98 Å². The largest absolute Gasteiger partial charge is 0.369 e. The lowest BCUT2D eigenvalue weighted by molar-refractivity contribution is 0.662. The Kier molecular flexibility index (Phi) is 4.28. The topological polar surface area (TPSA) is 72.9 Å². The van der Waals surface area contributed by atoms with Gasteiger partial charge in [0.2, 0.25) is 0 Å². The standard InChI is InChI=1S/C14H19N7S/c1-4-20-11(3)18-19-14(20)22-8-7-15-13-9-10(2)17-12-5-6-16-21(12)13/h5-6,9,15H,4,7-8H2,1-3H3. The van der Waals surface area contributed by atoms with Gasteiger partial charge < -0.3 is 9.88 Å². The molecule has 3 aromatic rings. The molecule has 0 saturated carbocycles. The second kappa shape index (κ2) is 6.35. The van der Waals surface area contributed by atoms with Gasteiger partial charge in [-0.3, -0.25) is 0 Å². The molecule has 0 aliphatic heterocycles. The molecule has 0 aromatic carbocycles.